The predicted molar refractivity (Wildman–Crippen MR) is 268 cm³/mol. The highest BCUT2D eigenvalue weighted by molar-refractivity contribution is 6.14. The van der Waals surface area contributed by atoms with E-state index in [2.05, 4.69) is 140 Å². The predicted octanol–water partition coefficient (Wildman–Crippen LogP) is 15.3. The Morgan fingerprint density at radius 3 is 1.52 bits per heavy atom. The maximum atomic E-state index is 10.5. The minimum absolute atomic E-state index is 0.548. The van der Waals surface area contributed by atoms with Crippen molar-refractivity contribution >= 4 is 21.5 Å². The fourth-order valence-electron chi connectivity index (χ4n) is 8.94. The second kappa shape index (κ2) is 17.1. The summed E-state index contributed by atoms with van der Waals surface area (Å²) in [7, 11) is 0. The van der Waals surface area contributed by atoms with Gasteiger partial charge in [0.15, 0.2) is 17.5 Å². The van der Waals surface area contributed by atoms with Crippen molar-refractivity contribution in [3.05, 3.63) is 236 Å². The first-order valence-corrected chi connectivity index (χ1v) is 21.8. The molecule has 11 aromatic rings. The summed E-state index contributed by atoms with van der Waals surface area (Å²) in [5.74, 6) is 1.67. The summed E-state index contributed by atoms with van der Waals surface area (Å²) in [5.41, 5.74) is 14.0. The Hall–Kier alpha value is -9.29. The van der Waals surface area contributed by atoms with Crippen molar-refractivity contribution in [2.45, 2.75) is 0 Å². The highest BCUT2D eigenvalue weighted by Gasteiger charge is 2.17. The Morgan fingerprint density at radius 2 is 0.788 bits per heavy atom. The zero-order valence-corrected chi connectivity index (χ0v) is 35.6. The molecule has 1 aromatic heterocycles. The lowest BCUT2D eigenvalue weighted by atomic mass is 9.88. The summed E-state index contributed by atoms with van der Waals surface area (Å²) < 4.78 is 0. The van der Waals surface area contributed by atoms with Crippen molar-refractivity contribution in [2.75, 3.05) is 0 Å². The van der Waals surface area contributed by atoms with Gasteiger partial charge in [-0.05, 0) is 108 Å². The van der Waals surface area contributed by atoms with Gasteiger partial charge < -0.3 is 0 Å². The number of nitriles is 2. The lowest BCUT2D eigenvalue weighted by Gasteiger charge is -2.15. The summed E-state index contributed by atoms with van der Waals surface area (Å²) in [6.07, 6.45) is 0. The third-order valence-electron chi connectivity index (χ3n) is 12.2. The third kappa shape index (κ3) is 7.54. The maximum absolute atomic E-state index is 10.5. The van der Waals surface area contributed by atoms with Crippen molar-refractivity contribution in [3.8, 4) is 102 Å². The van der Waals surface area contributed by atoms with Gasteiger partial charge in [-0.25, -0.2) is 15.0 Å². The van der Waals surface area contributed by atoms with Crippen molar-refractivity contribution in [1.29, 1.82) is 10.5 Å². The molecular formula is C61H37N5. The molecule has 0 fully saturated rings. The number of hydrogen-bond donors (Lipinski definition) is 0. The summed E-state index contributed by atoms with van der Waals surface area (Å²) >= 11 is 0. The molecule has 0 unspecified atom stereocenters. The molecule has 0 atom stereocenters. The molecule has 5 nitrogen and oxygen atoms in total. The second-order valence-electron chi connectivity index (χ2n) is 16.2. The van der Waals surface area contributed by atoms with E-state index in [1.54, 1.807) is 0 Å². The molecule has 0 amide bonds. The Labute approximate surface area is 382 Å². The molecule has 0 bridgehead atoms. The molecule has 5 heteroatoms. The van der Waals surface area contributed by atoms with Crippen LogP contribution in [-0.4, -0.2) is 15.0 Å². The topological polar surface area (TPSA) is 86.2 Å². The van der Waals surface area contributed by atoms with E-state index < -0.39 is 0 Å². The Bertz CT molecular complexity index is 3710. The Kier molecular flexibility index (Phi) is 10.3. The van der Waals surface area contributed by atoms with Gasteiger partial charge in [0.25, 0.3) is 0 Å². The number of aromatic nitrogens is 3. The number of hydrogen-bond acceptors (Lipinski definition) is 5. The number of nitrogens with zero attached hydrogens (tertiary/aromatic N) is 5. The smallest absolute Gasteiger partial charge is 0.164 e. The monoisotopic (exact) mass is 839 g/mol. The van der Waals surface area contributed by atoms with Crippen LogP contribution in [0.25, 0.3) is 111 Å². The molecule has 0 aliphatic rings. The normalized spacial score (nSPS) is 11.0. The molecule has 0 N–H and O–H groups in total. The van der Waals surface area contributed by atoms with E-state index in [1.807, 2.05) is 97.1 Å². The highest BCUT2D eigenvalue weighted by atomic mass is 15.0. The van der Waals surface area contributed by atoms with E-state index in [9.17, 15) is 10.5 Å². The van der Waals surface area contributed by atoms with Gasteiger partial charge in [-0.3, -0.25) is 0 Å². The first kappa shape index (κ1) is 39.5. The zero-order valence-electron chi connectivity index (χ0n) is 35.6. The molecule has 11 rings (SSSR count). The molecule has 66 heavy (non-hydrogen) atoms. The van der Waals surface area contributed by atoms with Gasteiger partial charge in [-0.1, -0.05) is 188 Å². The van der Waals surface area contributed by atoms with E-state index in [0.717, 1.165) is 66.8 Å². The van der Waals surface area contributed by atoms with Gasteiger partial charge >= 0.3 is 0 Å². The zero-order chi connectivity index (χ0) is 44.4. The van der Waals surface area contributed by atoms with Gasteiger partial charge in [-0.15, -0.1) is 0 Å². The number of fused-ring (bicyclic) bond motifs is 3. The highest BCUT2D eigenvalue weighted by Crippen LogP contribution is 2.40. The van der Waals surface area contributed by atoms with Crippen molar-refractivity contribution < 1.29 is 0 Å². The minimum Gasteiger partial charge on any atom is -0.208 e. The quantitative estimate of drug-likeness (QED) is 0.142. The van der Waals surface area contributed by atoms with Gasteiger partial charge in [0.05, 0.1) is 23.3 Å². The van der Waals surface area contributed by atoms with E-state index >= 15 is 0 Å². The van der Waals surface area contributed by atoms with Crippen LogP contribution in [0.3, 0.4) is 0 Å². The molecule has 0 aliphatic heterocycles. The van der Waals surface area contributed by atoms with Crippen LogP contribution in [0.2, 0.25) is 0 Å². The van der Waals surface area contributed by atoms with E-state index in [4.69, 9.17) is 15.0 Å². The lowest BCUT2D eigenvalue weighted by molar-refractivity contribution is 1.07. The number of benzene rings is 10. The number of rotatable bonds is 8. The van der Waals surface area contributed by atoms with Crippen molar-refractivity contribution in [3.63, 3.8) is 0 Å². The van der Waals surface area contributed by atoms with Crippen LogP contribution in [0.1, 0.15) is 11.1 Å². The first-order chi connectivity index (χ1) is 32.6. The minimum atomic E-state index is 0.548. The average molecular weight is 840 g/mol. The van der Waals surface area contributed by atoms with E-state index in [0.29, 0.717) is 28.6 Å². The van der Waals surface area contributed by atoms with Crippen LogP contribution >= 0.6 is 0 Å². The van der Waals surface area contributed by atoms with Crippen LogP contribution in [0.4, 0.5) is 0 Å². The van der Waals surface area contributed by atoms with E-state index in [1.165, 1.54) is 27.1 Å². The molecule has 1 heterocycles. The van der Waals surface area contributed by atoms with Gasteiger partial charge in [0.2, 0.25) is 0 Å². The van der Waals surface area contributed by atoms with Crippen molar-refractivity contribution in [1.82, 2.24) is 15.0 Å². The standard InChI is InChI=1S/C61H37N5/c62-38-40-25-27-41(28-26-40)47-15-8-20-52(37-47)61-65-59(45-12-2-1-3-13-45)64-60(66-61)46-33-30-43(31-34-46)54-23-10-21-53(39-63)57(54)51-19-7-17-49(36-51)48-16-6-18-50(35-48)56-24-9-14-44-32-29-42-11-4-5-22-55(42)58(44)56/h1-37H. The SMILES string of the molecule is N#Cc1ccc(-c2cccc(-c3nc(-c4ccccc4)nc(-c4ccc(-c5cccc(C#N)c5-c5cccc(-c6cccc(-c7cccc8ccc9ccccc9c78)c6)c5)cc4)n3)c2)cc1. The summed E-state index contributed by atoms with van der Waals surface area (Å²) in [5, 5.41) is 24.8. The molecule has 0 aliphatic carbocycles. The Balaban J connectivity index is 0.954. The fourth-order valence-corrected chi connectivity index (χ4v) is 8.94. The van der Waals surface area contributed by atoms with Gasteiger partial charge in [0.1, 0.15) is 0 Å². The molecule has 306 valence electrons. The molecule has 0 radical (unpaired) electrons. The van der Waals surface area contributed by atoms with E-state index in [-0.39, 0.29) is 0 Å². The summed E-state index contributed by atoms with van der Waals surface area (Å²) in [6, 6.07) is 81.2. The molecule has 0 saturated carbocycles. The van der Waals surface area contributed by atoms with Crippen LogP contribution < -0.4 is 0 Å². The van der Waals surface area contributed by atoms with Crippen molar-refractivity contribution in [2.24, 2.45) is 0 Å². The fraction of sp³-hybridized carbons (Fsp3) is 0. The van der Waals surface area contributed by atoms with Gasteiger partial charge in [0, 0.05) is 22.3 Å². The lowest BCUT2D eigenvalue weighted by Crippen LogP contribution is -2.00. The third-order valence-corrected chi connectivity index (χ3v) is 12.2. The molecule has 0 spiro atoms. The van der Waals surface area contributed by atoms with Crippen LogP contribution in [0.5, 0.6) is 0 Å². The average Bonchev–Trinajstić information content (AvgIpc) is 3.40. The largest absolute Gasteiger partial charge is 0.208 e. The molecular weight excluding hydrogens is 803 g/mol. The first-order valence-electron chi connectivity index (χ1n) is 21.8. The summed E-state index contributed by atoms with van der Waals surface area (Å²) in [4.78, 5) is 15.0. The second-order valence-corrected chi connectivity index (χ2v) is 16.2. The maximum Gasteiger partial charge on any atom is 0.164 e. The van der Waals surface area contributed by atoms with Crippen LogP contribution in [0.15, 0.2) is 224 Å². The Morgan fingerprint density at radius 1 is 0.303 bits per heavy atom. The molecule has 0 saturated heterocycles. The van der Waals surface area contributed by atoms with Crippen LogP contribution in [0, 0.1) is 22.7 Å². The summed E-state index contributed by atoms with van der Waals surface area (Å²) in [6.45, 7) is 0. The molecule has 10 aromatic carbocycles. The van der Waals surface area contributed by atoms with Crippen LogP contribution in [-0.2, 0) is 0 Å². The van der Waals surface area contributed by atoms with Gasteiger partial charge in [-0.2, -0.15) is 10.5 Å².